The number of aliphatic carboxylic acids is 1. The summed E-state index contributed by atoms with van der Waals surface area (Å²) in [5.74, 6) is -1.14. The summed E-state index contributed by atoms with van der Waals surface area (Å²) in [5, 5.41) is 15.9. The van der Waals surface area contributed by atoms with Gasteiger partial charge in [-0.25, -0.2) is 0 Å². The van der Waals surface area contributed by atoms with Crippen molar-refractivity contribution >= 4 is 22.7 Å². The lowest BCUT2D eigenvalue weighted by molar-refractivity contribution is -0.274. The fourth-order valence-electron chi connectivity index (χ4n) is 4.53. The zero-order valence-electron chi connectivity index (χ0n) is 20.1. The second-order valence-corrected chi connectivity index (χ2v) is 8.88. The lowest BCUT2D eigenvalue weighted by Crippen LogP contribution is -2.21. The van der Waals surface area contributed by atoms with Gasteiger partial charge in [-0.15, -0.1) is 13.2 Å². The van der Waals surface area contributed by atoms with E-state index in [1.54, 1.807) is 24.5 Å². The number of benzene rings is 3. The molecule has 4 aromatic rings. The lowest BCUT2D eigenvalue weighted by atomic mass is 9.95. The first-order valence-corrected chi connectivity index (χ1v) is 12.0. The van der Waals surface area contributed by atoms with E-state index < -0.39 is 12.3 Å². The highest BCUT2D eigenvalue weighted by Crippen LogP contribution is 2.35. The normalized spacial score (nSPS) is 15.5. The third-order valence-corrected chi connectivity index (χ3v) is 6.27. The van der Waals surface area contributed by atoms with E-state index in [9.17, 15) is 18.0 Å². The van der Waals surface area contributed by atoms with Gasteiger partial charge in [0.15, 0.2) is 0 Å². The molecular formula is C28H23F3N4O3. The van der Waals surface area contributed by atoms with Gasteiger partial charge < -0.3 is 9.84 Å². The van der Waals surface area contributed by atoms with Crippen LogP contribution in [0.5, 0.6) is 5.75 Å². The second-order valence-electron chi connectivity index (χ2n) is 8.88. The molecule has 0 fully saturated rings. The monoisotopic (exact) mass is 520 g/mol. The van der Waals surface area contributed by atoms with Crippen molar-refractivity contribution in [2.75, 3.05) is 6.54 Å². The van der Waals surface area contributed by atoms with Crippen molar-refractivity contribution < 1.29 is 27.8 Å². The maximum absolute atomic E-state index is 12.5. The van der Waals surface area contributed by atoms with Gasteiger partial charge in [0.1, 0.15) is 5.75 Å². The van der Waals surface area contributed by atoms with Gasteiger partial charge in [-0.05, 0) is 59.0 Å². The number of nitrogens with zero attached hydrogens (tertiary/aromatic N) is 4. The first-order valence-electron chi connectivity index (χ1n) is 12.0. The second kappa shape index (κ2) is 10.5. The molecule has 1 aliphatic heterocycles. The van der Waals surface area contributed by atoms with Gasteiger partial charge in [-0.3, -0.25) is 19.8 Å². The molecule has 0 aliphatic carbocycles. The van der Waals surface area contributed by atoms with Crippen molar-refractivity contribution in [3.8, 4) is 16.9 Å². The Balaban J connectivity index is 1.41. The van der Waals surface area contributed by atoms with Gasteiger partial charge >= 0.3 is 12.3 Å². The van der Waals surface area contributed by atoms with Gasteiger partial charge in [0.25, 0.3) is 0 Å². The van der Waals surface area contributed by atoms with E-state index in [1.165, 1.54) is 12.1 Å². The highest BCUT2D eigenvalue weighted by molar-refractivity contribution is 6.02. The first-order chi connectivity index (χ1) is 18.2. The lowest BCUT2D eigenvalue weighted by Gasteiger charge is -2.23. The summed E-state index contributed by atoms with van der Waals surface area (Å²) in [6, 6.07) is 19.1. The maximum atomic E-state index is 12.5. The predicted octanol–water partition coefficient (Wildman–Crippen LogP) is 6.21. The Labute approximate surface area is 216 Å². The smallest absolute Gasteiger partial charge is 0.481 e. The molecule has 10 heteroatoms. The minimum Gasteiger partial charge on any atom is -0.481 e. The number of rotatable bonds is 8. The number of halogens is 3. The molecule has 2 heterocycles. The number of fused-ring (bicyclic) bond motifs is 1. The van der Waals surface area contributed by atoms with Gasteiger partial charge in [0, 0.05) is 31.8 Å². The van der Waals surface area contributed by atoms with Gasteiger partial charge in [0.05, 0.1) is 22.8 Å². The Hall–Kier alpha value is -4.47. The Morgan fingerprint density at radius 2 is 1.68 bits per heavy atom. The van der Waals surface area contributed by atoms with Crippen molar-refractivity contribution in [3.63, 3.8) is 0 Å². The van der Waals surface area contributed by atoms with E-state index in [1.807, 2.05) is 47.5 Å². The Morgan fingerprint density at radius 3 is 2.42 bits per heavy atom. The average molecular weight is 521 g/mol. The van der Waals surface area contributed by atoms with E-state index in [4.69, 9.17) is 10.2 Å². The summed E-state index contributed by atoms with van der Waals surface area (Å²) in [6.07, 6.45) is -0.377. The van der Waals surface area contributed by atoms with Gasteiger partial charge in [-0.1, -0.05) is 36.4 Å². The summed E-state index contributed by atoms with van der Waals surface area (Å²) < 4.78 is 41.5. The minimum atomic E-state index is -4.74. The molecule has 0 bridgehead atoms. The number of carboxylic acid groups (broad SMARTS) is 1. The fourth-order valence-corrected chi connectivity index (χ4v) is 4.53. The molecule has 0 saturated heterocycles. The van der Waals surface area contributed by atoms with Crippen molar-refractivity contribution in [2.24, 2.45) is 5.10 Å². The summed E-state index contributed by atoms with van der Waals surface area (Å²) in [6.45, 7) is 0.472. The molecule has 1 unspecified atom stereocenters. The van der Waals surface area contributed by atoms with Crippen LogP contribution in [0.25, 0.3) is 22.2 Å². The van der Waals surface area contributed by atoms with Crippen LogP contribution >= 0.6 is 0 Å². The van der Waals surface area contributed by atoms with Crippen molar-refractivity contribution in [1.29, 1.82) is 0 Å². The summed E-state index contributed by atoms with van der Waals surface area (Å²) >= 11 is 0. The number of hydrazone groups is 1. The molecule has 0 spiro atoms. The topological polar surface area (TPSA) is 87.9 Å². The predicted molar refractivity (Wildman–Crippen MR) is 136 cm³/mol. The number of hydrogen-bond acceptors (Lipinski definition) is 6. The highest BCUT2D eigenvalue weighted by atomic mass is 19.4. The fraction of sp³-hybridized carbons (Fsp3) is 0.214. The van der Waals surface area contributed by atoms with E-state index in [0.717, 1.165) is 39.0 Å². The molecular weight excluding hydrogens is 497 g/mol. The van der Waals surface area contributed by atoms with E-state index >= 15 is 0 Å². The van der Waals surface area contributed by atoms with Crippen molar-refractivity contribution in [2.45, 2.75) is 31.7 Å². The number of carboxylic acids is 1. The Bertz CT molecular complexity index is 1490. The molecule has 1 N–H and O–H groups in total. The van der Waals surface area contributed by atoms with Crippen LogP contribution in [-0.2, 0) is 4.79 Å². The highest BCUT2D eigenvalue weighted by Gasteiger charge is 2.31. The number of hydrogen-bond donors (Lipinski definition) is 1. The summed E-state index contributed by atoms with van der Waals surface area (Å²) in [5.41, 5.74) is 5.83. The van der Waals surface area contributed by atoms with Gasteiger partial charge in [0.2, 0.25) is 0 Å². The van der Waals surface area contributed by atoms with Crippen LogP contribution in [0.3, 0.4) is 0 Å². The van der Waals surface area contributed by atoms with E-state index in [2.05, 4.69) is 14.7 Å². The van der Waals surface area contributed by atoms with E-state index in [0.29, 0.717) is 19.4 Å². The molecule has 1 aromatic heterocycles. The van der Waals surface area contributed by atoms with E-state index in [-0.39, 0.29) is 18.2 Å². The maximum Gasteiger partial charge on any atom is 0.573 e. The third kappa shape index (κ3) is 5.91. The van der Waals surface area contributed by atoms with Crippen LogP contribution < -0.4 is 4.74 Å². The molecule has 5 rings (SSSR count). The SMILES string of the molecule is O=C(O)CCCN1N=C(c2cccc(-c3ccc(OC(F)(F)F)cc3)c2)CC1c1ccc2nccnc2c1. The molecule has 194 valence electrons. The molecule has 0 radical (unpaired) electrons. The zero-order valence-corrected chi connectivity index (χ0v) is 20.1. The quantitative estimate of drug-likeness (QED) is 0.297. The average Bonchev–Trinajstić information content (AvgIpc) is 3.32. The van der Waals surface area contributed by atoms with Crippen molar-refractivity contribution in [1.82, 2.24) is 15.0 Å². The molecule has 1 aliphatic rings. The van der Waals surface area contributed by atoms with Crippen LogP contribution in [0.4, 0.5) is 13.2 Å². The summed E-state index contributed by atoms with van der Waals surface area (Å²) in [4.78, 5) is 19.8. The number of aromatic nitrogens is 2. The van der Waals surface area contributed by atoms with Crippen LogP contribution in [0.2, 0.25) is 0 Å². The molecule has 0 amide bonds. The minimum absolute atomic E-state index is 0.0425. The largest absolute Gasteiger partial charge is 0.573 e. The van der Waals surface area contributed by atoms with Crippen LogP contribution in [-0.4, -0.2) is 44.7 Å². The zero-order chi connectivity index (χ0) is 26.7. The Morgan fingerprint density at radius 1 is 0.947 bits per heavy atom. The molecule has 1 atom stereocenters. The molecule has 3 aromatic carbocycles. The number of ether oxygens (including phenoxy) is 1. The molecule has 7 nitrogen and oxygen atoms in total. The van der Waals surface area contributed by atoms with Gasteiger partial charge in [-0.2, -0.15) is 5.10 Å². The van der Waals surface area contributed by atoms with Crippen LogP contribution in [0.15, 0.2) is 84.2 Å². The molecule has 0 saturated carbocycles. The van der Waals surface area contributed by atoms with Crippen molar-refractivity contribution in [3.05, 3.63) is 90.3 Å². The number of alkyl halides is 3. The first kappa shape index (κ1) is 25.2. The third-order valence-electron chi connectivity index (χ3n) is 6.27. The molecule has 38 heavy (non-hydrogen) atoms. The summed E-state index contributed by atoms with van der Waals surface area (Å²) in [7, 11) is 0. The Kier molecular flexibility index (Phi) is 6.95. The number of carbonyl (C=O) groups is 1. The van der Waals surface area contributed by atoms with Crippen LogP contribution in [0.1, 0.15) is 36.4 Å². The van der Waals surface area contributed by atoms with Crippen LogP contribution in [0, 0.1) is 0 Å². The standard InChI is InChI=1S/C28H23F3N4O3/c29-28(30,31)38-22-9-6-18(7-10-22)19-3-1-4-20(15-19)24-17-26(35(34-24)14-2-5-27(36)37)21-8-11-23-25(16-21)33-13-12-32-23/h1,3-4,6-13,15-16,26H,2,5,14,17H2,(H,36,37).